The van der Waals surface area contributed by atoms with Crippen molar-refractivity contribution in [1.29, 1.82) is 0 Å². The third-order valence-electron chi connectivity index (χ3n) is 4.67. The molecule has 1 aromatic heterocycles. The summed E-state index contributed by atoms with van der Waals surface area (Å²) in [5.74, 6) is 0.448. The molecule has 0 spiro atoms. The number of carbonyl (C=O) groups excluding carboxylic acids is 1. The Morgan fingerprint density at radius 3 is 2.50 bits per heavy atom. The summed E-state index contributed by atoms with van der Waals surface area (Å²) in [4.78, 5) is 14.2. The van der Waals surface area contributed by atoms with Crippen molar-refractivity contribution < 1.29 is 17.9 Å². The second kappa shape index (κ2) is 8.50. The smallest absolute Gasteiger partial charge is 0.260 e. The van der Waals surface area contributed by atoms with E-state index >= 15 is 0 Å². The Labute approximate surface area is 169 Å². The van der Waals surface area contributed by atoms with Crippen LogP contribution in [-0.4, -0.2) is 55.2 Å². The maximum absolute atomic E-state index is 12.6. The summed E-state index contributed by atoms with van der Waals surface area (Å²) in [6.45, 7) is 4.21. The fraction of sp³-hybridized carbons (Fsp3) is 0.444. The number of piperidine rings is 1. The summed E-state index contributed by atoms with van der Waals surface area (Å²) in [5.41, 5.74) is 0.953. The highest BCUT2D eigenvalue weighted by Crippen LogP contribution is 2.20. The van der Waals surface area contributed by atoms with Gasteiger partial charge in [0.1, 0.15) is 10.6 Å². The monoisotopic (exact) mass is 426 g/mol. The molecule has 152 valence electrons. The van der Waals surface area contributed by atoms with Crippen LogP contribution >= 0.6 is 11.6 Å². The number of nitrogens with zero attached hydrogens (tertiary/aromatic N) is 2. The number of aromatic nitrogens is 2. The quantitative estimate of drug-likeness (QED) is 0.735. The first-order valence-electron chi connectivity index (χ1n) is 8.96. The van der Waals surface area contributed by atoms with Crippen molar-refractivity contribution in [3.8, 4) is 5.75 Å². The van der Waals surface area contributed by atoms with E-state index in [2.05, 4.69) is 14.9 Å². The van der Waals surface area contributed by atoms with Crippen LogP contribution in [0, 0.1) is 13.8 Å². The summed E-state index contributed by atoms with van der Waals surface area (Å²) in [6, 6.07) is 6.58. The summed E-state index contributed by atoms with van der Waals surface area (Å²) >= 11 is 5.82. The van der Waals surface area contributed by atoms with Gasteiger partial charge in [-0.3, -0.25) is 9.89 Å². The molecule has 2 heterocycles. The van der Waals surface area contributed by atoms with Gasteiger partial charge in [0.25, 0.3) is 5.91 Å². The fourth-order valence-electron chi connectivity index (χ4n) is 3.23. The normalized spacial score (nSPS) is 15.6. The average molecular weight is 427 g/mol. The van der Waals surface area contributed by atoms with Crippen LogP contribution in [-0.2, 0) is 14.8 Å². The zero-order valence-electron chi connectivity index (χ0n) is 15.7. The number of sulfonamides is 1. The van der Waals surface area contributed by atoms with Crippen LogP contribution in [0.15, 0.2) is 29.2 Å². The summed E-state index contributed by atoms with van der Waals surface area (Å²) < 4.78 is 33.5. The zero-order valence-corrected chi connectivity index (χ0v) is 17.3. The number of H-pyrrole nitrogens is 1. The lowest BCUT2D eigenvalue weighted by atomic mass is 10.1. The number of halogens is 1. The number of amides is 1. The molecular formula is C18H23ClN4O4S. The Bertz CT molecular complexity index is 915. The molecule has 2 aromatic rings. The minimum absolute atomic E-state index is 0.0641. The van der Waals surface area contributed by atoms with Gasteiger partial charge in [0.15, 0.2) is 6.61 Å². The van der Waals surface area contributed by atoms with Gasteiger partial charge in [-0.15, -0.1) is 0 Å². The van der Waals surface area contributed by atoms with E-state index in [0.29, 0.717) is 48.1 Å². The van der Waals surface area contributed by atoms with E-state index in [1.807, 2.05) is 0 Å². The molecule has 1 saturated heterocycles. The first kappa shape index (κ1) is 20.6. The van der Waals surface area contributed by atoms with Crippen LogP contribution in [0.4, 0.5) is 0 Å². The molecule has 1 aliphatic heterocycles. The van der Waals surface area contributed by atoms with Crippen LogP contribution in [0.25, 0.3) is 0 Å². The van der Waals surface area contributed by atoms with Crippen molar-refractivity contribution in [2.75, 3.05) is 19.7 Å². The van der Waals surface area contributed by atoms with Crippen LogP contribution in [0.2, 0.25) is 5.02 Å². The van der Waals surface area contributed by atoms with Gasteiger partial charge in [0, 0.05) is 24.2 Å². The SMILES string of the molecule is Cc1n[nH]c(C)c1S(=O)(=O)NC1CCN(C(=O)COc2ccc(Cl)cc2)CC1. The summed E-state index contributed by atoms with van der Waals surface area (Å²) in [5, 5.41) is 7.23. The topological polar surface area (TPSA) is 104 Å². The molecule has 0 aliphatic carbocycles. The summed E-state index contributed by atoms with van der Waals surface area (Å²) in [6.07, 6.45) is 1.09. The van der Waals surface area contributed by atoms with Gasteiger partial charge in [-0.25, -0.2) is 13.1 Å². The maximum Gasteiger partial charge on any atom is 0.260 e. The molecule has 0 saturated carbocycles. The molecule has 3 rings (SSSR count). The third kappa shape index (κ3) is 4.84. The largest absolute Gasteiger partial charge is 0.484 e. The Balaban J connectivity index is 1.50. The molecule has 0 unspecified atom stereocenters. The Morgan fingerprint density at radius 2 is 1.93 bits per heavy atom. The van der Waals surface area contributed by atoms with Gasteiger partial charge in [-0.2, -0.15) is 5.10 Å². The van der Waals surface area contributed by atoms with Crippen molar-refractivity contribution in [3.63, 3.8) is 0 Å². The van der Waals surface area contributed by atoms with E-state index in [4.69, 9.17) is 16.3 Å². The Kier molecular flexibility index (Phi) is 6.26. The van der Waals surface area contributed by atoms with Gasteiger partial charge >= 0.3 is 0 Å². The highest BCUT2D eigenvalue weighted by molar-refractivity contribution is 7.89. The second-order valence-corrected chi connectivity index (χ2v) is 8.87. The average Bonchev–Trinajstić information content (AvgIpc) is 3.00. The molecular weight excluding hydrogens is 404 g/mol. The molecule has 1 fully saturated rings. The number of carbonyl (C=O) groups is 1. The molecule has 1 aromatic carbocycles. The van der Waals surface area contributed by atoms with Crippen LogP contribution in [0.3, 0.4) is 0 Å². The lowest BCUT2D eigenvalue weighted by Gasteiger charge is -2.32. The molecule has 28 heavy (non-hydrogen) atoms. The molecule has 1 aliphatic rings. The van der Waals surface area contributed by atoms with E-state index in [-0.39, 0.29) is 23.5 Å². The predicted molar refractivity (Wildman–Crippen MR) is 105 cm³/mol. The van der Waals surface area contributed by atoms with Gasteiger partial charge in [0.05, 0.1) is 11.4 Å². The van der Waals surface area contributed by atoms with Crippen molar-refractivity contribution in [2.45, 2.75) is 37.6 Å². The lowest BCUT2D eigenvalue weighted by Crippen LogP contribution is -2.47. The standard InChI is InChI=1S/C18H23ClN4O4S/c1-12-18(13(2)21-20-12)28(25,26)22-15-7-9-23(10-8-15)17(24)11-27-16-5-3-14(19)4-6-16/h3-6,15,22H,7-11H2,1-2H3,(H,20,21). The number of nitrogens with one attached hydrogen (secondary N) is 2. The predicted octanol–water partition coefficient (Wildman–Crippen LogP) is 2.03. The van der Waals surface area contributed by atoms with Crippen molar-refractivity contribution in [2.24, 2.45) is 0 Å². The zero-order chi connectivity index (χ0) is 20.3. The molecule has 0 bridgehead atoms. The van der Waals surface area contributed by atoms with Gasteiger partial charge in [0.2, 0.25) is 10.0 Å². The Morgan fingerprint density at radius 1 is 1.29 bits per heavy atom. The number of hydrogen-bond acceptors (Lipinski definition) is 5. The molecule has 8 nitrogen and oxygen atoms in total. The minimum atomic E-state index is -3.65. The van der Waals surface area contributed by atoms with Crippen molar-refractivity contribution in [3.05, 3.63) is 40.7 Å². The van der Waals surface area contributed by atoms with Gasteiger partial charge in [-0.05, 0) is 51.0 Å². The molecule has 0 radical (unpaired) electrons. The summed E-state index contributed by atoms with van der Waals surface area (Å²) in [7, 11) is -3.65. The van der Waals surface area contributed by atoms with Gasteiger partial charge < -0.3 is 9.64 Å². The van der Waals surface area contributed by atoms with Gasteiger partial charge in [-0.1, -0.05) is 11.6 Å². The lowest BCUT2D eigenvalue weighted by molar-refractivity contribution is -0.134. The first-order chi connectivity index (χ1) is 13.3. The van der Waals surface area contributed by atoms with Crippen molar-refractivity contribution >= 4 is 27.5 Å². The van der Waals surface area contributed by atoms with E-state index < -0.39 is 10.0 Å². The molecule has 2 N–H and O–H groups in total. The highest BCUT2D eigenvalue weighted by Gasteiger charge is 2.29. The number of aromatic amines is 1. The van der Waals surface area contributed by atoms with E-state index in [1.54, 1.807) is 43.0 Å². The van der Waals surface area contributed by atoms with E-state index in [0.717, 1.165) is 0 Å². The van der Waals surface area contributed by atoms with E-state index in [9.17, 15) is 13.2 Å². The minimum Gasteiger partial charge on any atom is -0.484 e. The highest BCUT2D eigenvalue weighted by atomic mass is 35.5. The third-order valence-corrected chi connectivity index (χ3v) is 6.71. The number of likely N-dealkylation sites (tertiary alicyclic amines) is 1. The molecule has 10 heteroatoms. The number of ether oxygens (including phenoxy) is 1. The number of benzene rings is 1. The Hall–Kier alpha value is -2.10. The second-order valence-electron chi connectivity index (χ2n) is 6.78. The number of hydrogen-bond donors (Lipinski definition) is 2. The molecule has 0 atom stereocenters. The van der Waals surface area contributed by atoms with E-state index in [1.165, 1.54) is 0 Å². The fourth-order valence-corrected chi connectivity index (χ4v) is 5.03. The number of rotatable bonds is 6. The first-order valence-corrected chi connectivity index (χ1v) is 10.8. The van der Waals surface area contributed by atoms with Crippen LogP contribution in [0.5, 0.6) is 5.75 Å². The maximum atomic E-state index is 12.6. The molecule has 1 amide bonds. The van der Waals surface area contributed by atoms with Crippen molar-refractivity contribution in [1.82, 2.24) is 19.8 Å². The van der Waals surface area contributed by atoms with Crippen LogP contribution < -0.4 is 9.46 Å². The van der Waals surface area contributed by atoms with Crippen LogP contribution in [0.1, 0.15) is 24.2 Å². The number of aryl methyl sites for hydroxylation is 2.